The SMILES string of the molecule is C1=C[C@H]2CNC[C@@H]2C1. The maximum atomic E-state index is 3.37. The van der Waals surface area contributed by atoms with E-state index in [4.69, 9.17) is 0 Å². The van der Waals surface area contributed by atoms with Crippen LogP contribution in [0, 0.1) is 11.8 Å². The highest BCUT2D eigenvalue weighted by atomic mass is 14.9. The number of nitrogens with one attached hydrogen (secondary N) is 1. The van der Waals surface area contributed by atoms with Crippen molar-refractivity contribution >= 4 is 0 Å². The van der Waals surface area contributed by atoms with Gasteiger partial charge in [-0.25, -0.2) is 0 Å². The third-order valence-corrected chi connectivity index (χ3v) is 2.21. The molecule has 1 heteroatoms. The molecule has 0 aromatic carbocycles. The molecule has 2 aliphatic rings. The molecule has 1 aliphatic heterocycles. The zero-order chi connectivity index (χ0) is 5.40. The zero-order valence-electron chi connectivity index (χ0n) is 4.93. The third-order valence-electron chi connectivity index (χ3n) is 2.21. The van der Waals surface area contributed by atoms with Crippen LogP contribution in [0.25, 0.3) is 0 Å². The fraction of sp³-hybridized carbons (Fsp3) is 0.714. The van der Waals surface area contributed by atoms with Crippen LogP contribution < -0.4 is 5.32 Å². The minimum atomic E-state index is 0.884. The monoisotopic (exact) mass is 109 g/mol. The highest BCUT2D eigenvalue weighted by Gasteiger charge is 2.26. The summed E-state index contributed by atoms with van der Waals surface area (Å²) in [6.07, 6.45) is 5.98. The smallest absolute Gasteiger partial charge is 0.00175 e. The lowest BCUT2D eigenvalue weighted by Gasteiger charge is -2.02. The molecule has 2 atom stereocenters. The summed E-state index contributed by atoms with van der Waals surface area (Å²) in [5.41, 5.74) is 0. The van der Waals surface area contributed by atoms with Crippen molar-refractivity contribution in [3.63, 3.8) is 0 Å². The standard InChI is InChI=1S/C7H11N/c1-2-6-4-8-5-7(6)3-1/h1-2,6-8H,3-5H2/t6-,7-/m0/s1. The maximum Gasteiger partial charge on any atom is 0.00175 e. The highest BCUT2D eigenvalue weighted by molar-refractivity contribution is 5.05. The van der Waals surface area contributed by atoms with Gasteiger partial charge in [0.05, 0.1) is 0 Å². The summed E-state index contributed by atoms with van der Waals surface area (Å²) < 4.78 is 0. The molecule has 2 rings (SSSR count). The second-order valence-corrected chi connectivity index (χ2v) is 2.75. The molecule has 0 radical (unpaired) electrons. The highest BCUT2D eigenvalue weighted by Crippen LogP contribution is 2.27. The average Bonchev–Trinajstić information content (AvgIpc) is 2.15. The fourth-order valence-corrected chi connectivity index (χ4v) is 1.66. The molecule has 1 saturated heterocycles. The molecular formula is C7H11N. The van der Waals surface area contributed by atoms with Crippen LogP contribution >= 0.6 is 0 Å². The molecule has 1 fully saturated rings. The van der Waals surface area contributed by atoms with Crippen molar-refractivity contribution in [2.24, 2.45) is 11.8 Å². The van der Waals surface area contributed by atoms with Crippen LogP contribution in [-0.2, 0) is 0 Å². The van der Waals surface area contributed by atoms with Gasteiger partial charge in [-0.15, -0.1) is 0 Å². The predicted octanol–water partition coefficient (Wildman–Crippen LogP) is 0.782. The van der Waals surface area contributed by atoms with Crippen LogP contribution in [0.2, 0.25) is 0 Å². The van der Waals surface area contributed by atoms with E-state index in [2.05, 4.69) is 17.5 Å². The van der Waals surface area contributed by atoms with Crippen molar-refractivity contribution < 1.29 is 0 Å². The summed E-state index contributed by atoms with van der Waals surface area (Å²) >= 11 is 0. The molecule has 1 nitrogen and oxygen atoms in total. The molecule has 44 valence electrons. The summed E-state index contributed by atoms with van der Waals surface area (Å²) in [4.78, 5) is 0. The molecule has 0 spiro atoms. The van der Waals surface area contributed by atoms with Crippen molar-refractivity contribution in [1.82, 2.24) is 5.32 Å². The van der Waals surface area contributed by atoms with Crippen molar-refractivity contribution in [2.45, 2.75) is 6.42 Å². The lowest BCUT2D eigenvalue weighted by molar-refractivity contribution is 0.534. The zero-order valence-corrected chi connectivity index (χ0v) is 4.93. The average molecular weight is 109 g/mol. The van der Waals surface area contributed by atoms with E-state index < -0.39 is 0 Å². The van der Waals surface area contributed by atoms with E-state index in [0.29, 0.717) is 0 Å². The molecule has 0 aromatic heterocycles. The van der Waals surface area contributed by atoms with E-state index in [1.165, 1.54) is 19.5 Å². The second-order valence-electron chi connectivity index (χ2n) is 2.75. The minimum absolute atomic E-state index is 0.884. The fourth-order valence-electron chi connectivity index (χ4n) is 1.66. The molecular weight excluding hydrogens is 98.1 g/mol. The molecule has 0 saturated carbocycles. The quantitative estimate of drug-likeness (QED) is 0.453. The summed E-state index contributed by atoms with van der Waals surface area (Å²) in [6.45, 7) is 2.47. The van der Waals surface area contributed by atoms with Crippen molar-refractivity contribution in [3.8, 4) is 0 Å². The van der Waals surface area contributed by atoms with Gasteiger partial charge in [0, 0.05) is 6.54 Å². The first-order chi connectivity index (χ1) is 3.97. The first-order valence-electron chi connectivity index (χ1n) is 3.34. The Morgan fingerprint density at radius 2 is 2.38 bits per heavy atom. The van der Waals surface area contributed by atoms with Gasteiger partial charge in [0.15, 0.2) is 0 Å². The van der Waals surface area contributed by atoms with Crippen LogP contribution in [0.1, 0.15) is 6.42 Å². The summed E-state index contributed by atoms with van der Waals surface area (Å²) in [6, 6.07) is 0. The molecule has 1 aliphatic carbocycles. The Morgan fingerprint density at radius 1 is 1.38 bits per heavy atom. The van der Waals surface area contributed by atoms with Crippen LogP contribution in [0.5, 0.6) is 0 Å². The van der Waals surface area contributed by atoms with Gasteiger partial charge in [-0.2, -0.15) is 0 Å². The molecule has 0 amide bonds. The Hall–Kier alpha value is -0.300. The van der Waals surface area contributed by atoms with Gasteiger partial charge < -0.3 is 5.32 Å². The normalized spacial score (nSPS) is 43.0. The molecule has 8 heavy (non-hydrogen) atoms. The number of allylic oxidation sites excluding steroid dienone is 1. The van der Waals surface area contributed by atoms with Gasteiger partial charge >= 0.3 is 0 Å². The first kappa shape index (κ1) is 4.57. The molecule has 0 bridgehead atoms. The van der Waals surface area contributed by atoms with Crippen LogP contribution in [-0.4, -0.2) is 13.1 Å². The van der Waals surface area contributed by atoms with Gasteiger partial charge in [0.2, 0.25) is 0 Å². The number of rotatable bonds is 0. The van der Waals surface area contributed by atoms with Crippen molar-refractivity contribution in [3.05, 3.63) is 12.2 Å². The van der Waals surface area contributed by atoms with Crippen molar-refractivity contribution in [2.75, 3.05) is 13.1 Å². The molecule has 0 unspecified atom stereocenters. The maximum absolute atomic E-state index is 3.37. The van der Waals surface area contributed by atoms with E-state index >= 15 is 0 Å². The Morgan fingerprint density at radius 3 is 3.25 bits per heavy atom. The predicted molar refractivity (Wildman–Crippen MR) is 33.6 cm³/mol. The second kappa shape index (κ2) is 1.59. The van der Waals surface area contributed by atoms with Crippen LogP contribution in [0.3, 0.4) is 0 Å². The molecule has 1 heterocycles. The molecule has 0 aromatic rings. The van der Waals surface area contributed by atoms with E-state index in [9.17, 15) is 0 Å². The van der Waals surface area contributed by atoms with Gasteiger partial charge in [-0.3, -0.25) is 0 Å². The van der Waals surface area contributed by atoms with E-state index in [1.54, 1.807) is 0 Å². The summed E-state index contributed by atoms with van der Waals surface area (Å²) in [5, 5.41) is 3.37. The lowest BCUT2D eigenvalue weighted by atomic mass is 10.0. The van der Waals surface area contributed by atoms with Crippen LogP contribution in [0.4, 0.5) is 0 Å². The number of fused-ring (bicyclic) bond motifs is 1. The largest absolute Gasteiger partial charge is 0.316 e. The van der Waals surface area contributed by atoms with Gasteiger partial charge in [-0.1, -0.05) is 12.2 Å². The summed E-state index contributed by atoms with van der Waals surface area (Å²) in [7, 11) is 0. The Labute approximate surface area is 49.8 Å². The Balaban J connectivity index is 2.13. The van der Waals surface area contributed by atoms with Gasteiger partial charge in [-0.05, 0) is 24.8 Å². The topological polar surface area (TPSA) is 12.0 Å². The van der Waals surface area contributed by atoms with E-state index in [-0.39, 0.29) is 0 Å². The van der Waals surface area contributed by atoms with E-state index in [0.717, 1.165) is 11.8 Å². The Bertz CT molecular complexity index is 118. The van der Waals surface area contributed by atoms with Crippen LogP contribution in [0.15, 0.2) is 12.2 Å². The minimum Gasteiger partial charge on any atom is -0.316 e. The first-order valence-corrected chi connectivity index (χ1v) is 3.34. The summed E-state index contributed by atoms with van der Waals surface area (Å²) in [5.74, 6) is 1.84. The van der Waals surface area contributed by atoms with E-state index in [1.807, 2.05) is 0 Å². The number of hydrogen-bond acceptors (Lipinski definition) is 1. The molecule has 1 N–H and O–H groups in total. The lowest BCUT2D eigenvalue weighted by Crippen LogP contribution is -2.08. The third kappa shape index (κ3) is 0.511. The Kier molecular flexibility index (Phi) is 0.908. The van der Waals surface area contributed by atoms with Gasteiger partial charge in [0.25, 0.3) is 0 Å². The number of hydrogen-bond donors (Lipinski definition) is 1. The van der Waals surface area contributed by atoms with Crippen molar-refractivity contribution in [1.29, 1.82) is 0 Å². The van der Waals surface area contributed by atoms with Gasteiger partial charge in [0.1, 0.15) is 0 Å².